The van der Waals surface area contributed by atoms with Gasteiger partial charge in [0.2, 0.25) is 0 Å². The molecule has 0 aliphatic rings. The Morgan fingerprint density at radius 2 is 1.93 bits per heavy atom. The molecule has 0 fully saturated rings. The van der Waals surface area contributed by atoms with Crippen LogP contribution >= 0.6 is 0 Å². The van der Waals surface area contributed by atoms with Crippen molar-refractivity contribution in [2.45, 2.75) is 6.43 Å². The average molecular weight is 201 g/mol. The second kappa shape index (κ2) is 5.54. The highest BCUT2D eigenvalue weighted by Gasteiger charge is 2.05. The van der Waals surface area contributed by atoms with E-state index in [0.717, 1.165) is 6.54 Å². The van der Waals surface area contributed by atoms with Crippen LogP contribution in [0.3, 0.4) is 0 Å². The van der Waals surface area contributed by atoms with E-state index in [1.54, 1.807) is 12.1 Å². The second-order valence-electron chi connectivity index (χ2n) is 2.82. The lowest BCUT2D eigenvalue weighted by Gasteiger charge is -2.06. The predicted octanol–water partition coefficient (Wildman–Crippen LogP) is 2.22. The highest BCUT2D eigenvalue weighted by Crippen LogP contribution is 2.21. The molecular weight excluding hydrogens is 188 g/mol. The third-order valence-corrected chi connectivity index (χ3v) is 1.75. The average Bonchev–Trinajstić information content (AvgIpc) is 2.19. The summed E-state index contributed by atoms with van der Waals surface area (Å²) < 4.78 is 29.6. The van der Waals surface area contributed by atoms with Gasteiger partial charge < -0.3 is 10.1 Å². The van der Waals surface area contributed by atoms with E-state index in [0.29, 0.717) is 12.4 Å². The molecule has 14 heavy (non-hydrogen) atoms. The van der Waals surface area contributed by atoms with Crippen LogP contribution in [0.2, 0.25) is 0 Å². The fraction of sp³-hybridized carbons (Fsp3) is 0.400. The molecule has 0 radical (unpaired) electrons. The maximum absolute atomic E-state index is 12.2. The minimum atomic E-state index is -2.42. The Morgan fingerprint density at radius 1 is 1.29 bits per heavy atom. The van der Waals surface area contributed by atoms with Gasteiger partial charge in [-0.05, 0) is 31.3 Å². The van der Waals surface area contributed by atoms with Gasteiger partial charge in [0, 0.05) is 12.1 Å². The minimum absolute atomic E-state index is 0.0194. The Morgan fingerprint density at radius 3 is 2.43 bits per heavy atom. The fourth-order valence-electron chi connectivity index (χ4n) is 0.980. The zero-order valence-electron chi connectivity index (χ0n) is 7.97. The lowest BCUT2D eigenvalue weighted by atomic mass is 10.2. The highest BCUT2D eigenvalue weighted by atomic mass is 19.3. The standard InChI is InChI=1S/C10H13F2NO/c1-13-6-7-14-9-4-2-8(3-5-9)10(11)12/h2-5,10,13H,6-7H2,1H3. The van der Waals surface area contributed by atoms with Crippen molar-refractivity contribution in [1.82, 2.24) is 5.32 Å². The third kappa shape index (κ3) is 3.30. The molecule has 0 aliphatic carbocycles. The van der Waals surface area contributed by atoms with Crippen molar-refractivity contribution < 1.29 is 13.5 Å². The Hall–Kier alpha value is -1.16. The number of ether oxygens (including phenoxy) is 1. The molecular formula is C10H13F2NO. The van der Waals surface area contributed by atoms with Gasteiger partial charge in [-0.3, -0.25) is 0 Å². The summed E-state index contributed by atoms with van der Waals surface area (Å²) in [6.45, 7) is 1.27. The van der Waals surface area contributed by atoms with Gasteiger partial charge in [-0.1, -0.05) is 0 Å². The Kier molecular flexibility index (Phi) is 4.32. The van der Waals surface area contributed by atoms with Crippen LogP contribution in [0.1, 0.15) is 12.0 Å². The third-order valence-electron chi connectivity index (χ3n) is 1.75. The van der Waals surface area contributed by atoms with E-state index in [9.17, 15) is 8.78 Å². The van der Waals surface area contributed by atoms with E-state index in [1.165, 1.54) is 12.1 Å². The number of hydrogen-bond acceptors (Lipinski definition) is 2. The Balaban J connectivity index is 2.47. The first-order valence-corrected chi connectivity index (χ1v) is 4.39. The van der Waals surface area contributed by atoms with Gasteiger partial charge in [0.15, 0.2) is 0 Å². The molecule has 0 aliphatic heterocycles. The fourth-order valence-corrected chi connectivity index (χ4v) is 0.980. The van der Waals surface area contributed by atoms with Crippen molar-refractivity contribution >= 4 is 0 Å². The van der Waals surface area contributed by atoms with Crippen molar-refractivity contribution in [2.24, 2.45) is 0 Å². The van der Waals surface area contributed by atoms with E-state index < -0.39 is 6.43 Å². The molecule has 1 aromatic carbocycles. The summed E-state index contributed by atoms with van der Waals surface area (Å²) in [5.41, 5.74) is 0.0194. The molecule has 0 heterocycles. The first-order valence-electron chi connectivity index (χ1n) is 4.39. The van der Waals surface area contributed by atoms with E-state index in [1.807, 2.05) is 7.05 Å². The summed E-state index contributed by atoms with van der Waals surface area (Å²) in [7, 11) is 1.82. The molecule has 4 heteroatoms. The molecule has 78 valence electrons. The first kappa shape index (κ1) is 10.9. The number of benzene rings is 1. The summed E-state index contributed by atoms with van der Waals surface area (Å²) in [5.74, 6) is 0.615. The van der Waals surface area contributed by atoms with Crippen LogP contribution in [0, 0.1) is 0 Å². The van der Waals surface area contributed by atoms with Crippen molar-refractivity contribution in [1.29, 1.82) is 0 Å². The predicted molar refractivity (Wildman–Crippen MR) is 50.8 cm³/mol. The maximum atomic E-state index is 12.2. The summed E-state index contributed by atoms with van der Waals surface area (Å²) in [6, 6.07) is 5.85. The van der Waals surface area contributed by atoms with E-state index in [2.05, 4.69) is 5.32 Å². The van der Waals surface area contributed by atoms with Gasteiger partial charge in [-0.15, -0.1) is 0 Å². The molecule has 1 N–H and O–H groups in total. The van der Waals surface area contributed by atoms with Gasteiger partial charge in [0.25, 0.3) is 6.43 Å². The monoisotopic (exact) mass is 201 g/mol. The van der Waals surface area contributed by atoms with E-state index in [-0.39, 0.29) is 5.56 Å². The highest BCUT2D eigenvalue weighted by molar-refractivity contribution is 5.27. The van der Waals surface area contributed by atoms with Gasteiger partial charge in [-0.2, -0.15) is 0 Å². The number of likely N-dealkylation sites (N-methyl/N-ethyl adjacent to an activating group) is 1. The summed E-state index contributed by atoms with van der Waals surface area (Å²) in [4.78, 5) is 0. The lowest BCUT2D eigenvalue weighted by molar-refractivity contribution is 0.151. The molecule has 1 aromatic rings. The molecule has 0 bridgehead atoms. The second-order valence-corrected chi connectivity index (χ2v) is 2.82. The normalized spacial score (nSPS) is 10.6. The van der Waals surface area contributed by atoms with Gasteiger partial charge in [0.1, 0.15) is 12.4 Å². The number of nitrogens with one attached hydrogen (secondary N) is 1. The number of halogens is 2. The number of rotatable bonds is 5. The zero-order chi connectivity index (χ0) is 10.4. The van der Waals surface area contributed by atoms with Crippen molar-refractivity contribution in [3.05, 3.63) is 29.8 Å². The lowest BCUT2D eigenvalue weighted by Crippen LogP contribution is -2.15. The quantitative estimate of drug-likeness (QED) is 0.737. The van der Waals surface area contributed by atoms with Crippen LogP contribution in [-0.2, 0) is 0 Å². The SMILES string of the molecule is CNCCOc1ccc(C(F)F)cc1. The molecule has 1 rings (SSSR count). The first-order chi connectivity index (χ1) is 6.74. The zero-order valence-corrected chi connectivity index (χ0v) is 7.97. The van der Waals surface area contributed by atoms with E-state index >= 15 is 0 Å². The largest absolute Gasteiger partial charge is 0.492 e. The van der Waals surface area contributed by atoms with Gasteiger partial charge in [-0.25, -0.2) is 8.78 Å². The molecule has 0 aromatic heterocycles. The molecule has 0 atom stereocenters. The Bertz CT molecular complexity index is 261. The molecule has 0 unspecified atom stereocenters. The smallest absolute Gasteiger partial charge is 0.263 e. The number of alkyl halides is 2. The van der Waals surface area contributed by atoms with Crippen LogP contribution < -0.4 is 10.1 Å². The molecule has 0 saturated carbocycles. The Labute approximate surface area is 81.9 Å². The van der Waals surface area contributed by atoms with Crippen LogP contribution in [0.15, 0.2) is 24.3 Å². The van der Waals surface area contributed by atoms with Crippen molar-refractivity contribution in [3.8, 4) is 5.75 Å². The van der Waals surface area contributed by atoms with Crippen LogP contribution in [-0.4, -0.2) is 20.2 Å². The van der Waals surface area contributed by atoms with E-state index in [4.69, 9.17) is 4.74 Å². The van der Waals surface area contributed by atoms with Crippen molar-refractivity contribution in [2.75, 3.05) is 20.2 Å². The van der Waals surface area contributed by atoms with Crippen molar-refractivity contribution in [3.63, 3.8) is 0 Å². The molecule has 0 amide bonds. The van der Waals surface area contributed by atoms with Gasteiger partial charge >= 0.3 is 0 Å². The molecule has 0 saturated heterocycles. The topological polar surface area (TPSA) is 21.3 Å². The van der Waals surface area contributed by atoms with Gasteiger partial charge in [0.05, 0.1) is 0 Å². The van der Waals surface area contributed by atoms with Crippen LogP contribution in [0.4, 0.5) is 8.78 Å². The summed E-state index contributed by atoms with van der Waals surface area (Å²) >= 11 is 0. The minimum Gasteiger partial charge on any atom is -0.492 e. The maximum Gasteiger partial charge on any atom is 0.263 e. The summed E-state index contributed by atoms with van der Waals surface area (Å²) in [6.07, 6.45) is -2.42. The summed E-state index contributed by atoms with van der Waals surface area (Å²) in [5, 5.41) is 2.92. The van der Waals surface area contributed by atoms with Crippen LogP contribution in [0.25, 0.3) is 0 Å². The molecule has 0 spiro atoms. The van der Waals surface area contributed by atoms with Crippen LogP contribution in [0.5, 0.6) is 5.75 Å². The molecule has 2 nitrogen and oxygen atoms in total. The number of hydrogen-bond donors (Lipinski definition) is 1.